The van der Waals surface area contributed by atoms with Crippen molar-refractivity contribution in [3.8, 4) is 0 Å². The third kappa shape index (κ3) is 4.22. The summed E-state index contributed by atoms with van der Waals surface area (Å²) in [6.07, 6.45) is 2.70. The Morgan fingerprint density at radius 3 is 3.17 bits per heavy atom. The number of tetrazole rings is 1. The molecule has 1 saturated heterocycles. The Morgan fingerprint density at radius 1 is 1.56 bits per heavy atom. The Bertz CT molecular complexity index is 351. The largest absolute Gasteiger partial charge is 0.377 e. The Morgan fingerprint density at radius 2 is 2.44 bits per heavy atom. The Labute approximate surface area is 112 Å². The molecule has 0 radical (unpaired) electrons. The number of ether oxygens (including phenoxy) is 1. The summed E-state index contributed by atoms with van der Waals surface area (Å²) in [4.78, 5) is 0. The van der Waals surface area contributed by atoms with Crippen LogP contribution in [0.4, 0.5) is 0 Å². The van der Waals surface area contributed by atoms with Gasteiger partial charge in [-0.05, 0) is 23.3 Å². The van der Waals surface area contributed by atoms with E-state index in [1.165, 1.54) is 6.42 Å². The van der Waals surface area contributed by atoms with Gasteiger partial charge in [0, 0.05) is 24.9 Å². The first-order valence-corrected chi connectivity index (χ1v) is 7.48. The van der Waals surface area contributed by atoms with Gasteiger partial charge in [0.1, 0.15) is 0 Å². The van der Waals surface area contributed by atoms with Crippen LogP contribution in [0, 0.1) is 0 Å². The highest BCUT2D eigenvalue weighted by Gasteiger charge is 2.17. The fourth-order valence-electron chi connectivity index (χ4n) is 1.84. The van der Waals surface area contributed by atoms with E-state index in [0.29, 0.717) is 12.1 Å². The fraction of sp³-hybridized carbons (Fsp3) is 0.909. The molecule has 0 aliphatic carbocycles. The van der Waals surface area contributed by atoms with Crippen molar-refractivity contribution in [1.29, 1.82) is 0 Å². The van der Waals surface area contributed by atoms with E-state index in [9.17, 15) is 0 Å². The van der Waals surface area contributed by atoms with Gasteiger partial charge in [0.2, 0.25) is 5.16 Å². The molecule has 0 bridgehead atoms. The second-order valence-electron chi connectivity index (χ2n) is 4.74. The van der Waals surface area contributed by atoms with Crippen LogP contribution in [-0.2, 0) is 11.3 Å². The lowest BCUT2D eigenvalue weighted by Crippen LogP contribution is -2.27. The van der Waals surface area contributed by atoms with Gasteiger partial charge in [-0.25, -0.2) is 4.68 Å². The average Bonchev–Trinajstić information content (AvgIpc) is 2.96. The number of rotatable bonds is 7. The van der Waals surface area contributed by atoms with Gasteiger partial charge in [-0.15, -0.1) is 5.10 Å². The molecule has 2 heterocycles. The molecule has 0 aromatic carbocycles. The molecule has 1 fully saturated rings. The van der Waals surface area contributed by atoms with Gasteiger partial charge in [-0.3, -0.25) is 0 Å². The van der Waals surface area contributed by atoms with Crippen LogP contribution in [0.25, 0.3) is 0 Å². The molecule has 1 aromatic rings. The lowest BCUT2D eigenvalue weighted by atomic mass is 10.3. The molecular formula is C11H21N5OS. The van der Waals surface area contributed by atoms with Crippen LogP contribution >= 0.6 is 11.8 Å². The van der Waals surface area contributed by atoms with Crippen molar-refractivity contribution in [3.63, 3.8) is 0 Å². The number of hydrogen-bond donors (Lipinski definition) is 1. The molecule has 2 rings (SSSR count). The highest BCUT2D eigenvalue weighted by molar-refractivity contribution is 7.99. The molecule has 1 N–H and O–H groups in total. The Hall–Kier alpha value is -0.660. The standard InChI is InChI=1S/C11H21N5OS/c1-9(2)12-5-6-16-11(13-14-15-16)18-8-10-4-3-7-17-10/h9-10,12H,3-8H2,1-2H3. The van der Waals surface area contributed by atoms with Gasteiger partial charge < -0.3 is 10.1 Å². The Balaban J connectivity index is 1.75. The lowest BCUT2D eigenvalue weighted by Gasteiger charge is -2.10. The zero-order valence-electron chi connectivity index (χ0n) is 11.0. The predicted octanol–water partition coefficient (Wildman–Crippen LogP) is 0.942. The minimum Gasteiger partial charge on any atom is -0.377 e. The SMILES string of the molecule is CC(C)NCCn1nnnc1SCC1CCCO1. The van der Waals surface area contributed by atoms with Crippen LogP contribution in [0.5, 0.6) is 0 Å². The van der Waals surface area contributed by atoms with Crippen LogP contribution < -0.4 is 5.32 Å². The van der Waals surface area contributed by atoms with E-state index in [1.54, 1.807) is 11.8 Å². The summed E-state index contributed by atoms with van der Waals surface area (Å²) in [5.41, 5.74) is 0. The molecule has 0 spiro atoms. The van der Waals surface area contributed by atoms with Crippen LogP contribution in [0.15, 0.2) is 5.16 Å². The minimum atomic E-state index is 0.369. The Kier molecular flexibility index (Phi) is 5.40. The van der Waals surface area contributed by atoms with Crippen LogP contribution in [0.1, 0.15) is 26.7 Å². The highest BCUT2D eigenvalue weighted by atomic mass is 32.2. The molecule has 1 atom stereocenters. The molecule has 1 aromatic heterocycles. The first-order chi connectivity index (χ1) is 8.75. The van der Waals surface area contributed by atoms with Gasteiger partial charge in [0.25, 0.3) is 0 Å². The molecule has 1 aliphatic heterocycles. The average molecular weight is 271 g/mol. The van der Waals surface area contributed by atoms with Crippen molar-refractivity contribution >= 4 is 11.8 Å². The zero-order valence-corrected chi connectivity index (χ0v) is 11.8. The minimum absolute atomic E-state index is 0.369. The predicted molar refractivity (Wildman–Crippen MR) is 70.7 cm³/mol. The first kappa shape index (κ1) is 13.8. The van der Waals surface area contributed by atoms with E-state index in [0.717, 1.165) is 37.0 Å². The summed E-state index contributed by atoms with van der Waals surface area (Å²) >= 11 is 1.68. The molecule has 0 amide bonds. The van der Waals surface area contributed by atoms with Gasteiger partial charge >= 0.3 is 0 Å². The maximum atomic E-state index is 5.59. The normalized spacial score (nSPS) is 19.8. The van der Waals surface area contributed by atoms with Crippen molar-refractivity contribution in [3.05, 3.63) is 0 Å². The summed E-state index contributed by atoms with van der Waals surface area (Å²) in [5, 5.41) is 16.1. The van der Waals surface area contributed by atoms with Crippen LogP contribution in [0.3, 0.4) is 0 Å². The first-order valence-electron chi connectivity index (χ1n) is 6.49. The summed E-state index contributed by atoms with van der Waals surface area (Å²) in [6, 6.07) is 0.490. The van der Waals surface area contributed by atoms with Crippen molar-refractivity contribution in [2.24, 2.45) is 0 Å². The smallest absolute Gasteiger partial charge is 0.209 e. The van der Waals surface area contributed by atoms with Crippen molar-refractivity contribution in [1.82, 2.24) is 25.5 Å². The zero-order chi connectivity index (χ0) is 12.8. The van der Waals surface area contributed by atoms with Crippen molar-refractivity contribution in [2.75, 3.05) is 18.9 Å². The maximum absolute atomic E-state index is 5.59. The third-order valence-electron chi connectivity index (χ3n) is 2.80. The molecular weight excluding hydrogens is 250 g/mol. The van der Waals surface area contributed by atoms with E-state index < -0.39 is 0 Å². The number of thioether (sulfide) groups is 1. The molecule has 6 nitrogen and oxygen atoms in total. The second kappa shape index (κ2) is 7.06. The maximum Gasteiger partial charge on any atom is 0.209 e. The van der Waals surface area contributed by atoms with E-state index >= 15 is 0 Å². The highest BCUT2D eigenvalue weighted by Crippen LogP contribution is 2.21. The number of aromatic nitrogens is 4. The quantitative estimate of drug-likeness (QED) is 0.745. The molecule has 7 heteroatoms. The molecule has 18 heavy (non-hydrogen) atoms. The van der Waals surface area contributed by atoms with Crippen molar-refractivity contribution < 1.29 is 4.74 Å². The number of hydrogen-bond acceptors (Lipinski definition) is 6. The summed E-state index contributed by atoms with van der Waals surface area (Å²) < 4.78 is 7.45. The number of nitrogens with zero attached hydrogens (tertiary/aromatic N) is 4. The summed E-state index contributed by atoms with van der Waals surface area (Å²) in [6.45, 7) is 6.85. The van der Waals surface area contributed by atoms with Gasteiger partial charge in [-0.1, -0.05) is 25.6 Å². The van der Waals surface area contributed by atoms with E-state index in [-0.39, 0.29) is 0 Å². The second-order valence-corrected chi connectivity index (χ2v) is 5.73. The fourth-order valence-corrected chi connectivity index (χ4v) is 2.81. The summed E-state index contributed by atoms with van der Waals surface area (Å²) in [7, 11) is 0. The number of nitrogens with one attached hydrogen (secondary N) is 1. The molecule has 1 aliphatic rings. The van der Waals surface area contributed by atoms with E-state index in [1.807, 2.05) is 4.68 Å². The van der Waals surface area contributed by atoms with Crippen LogP contribution in [-0.4, -0.2) is 51.3 Å². The third-order valence-corrected chi connectivity index (χ3v) is 3.89. The molecule has 102 valence electrons. The van der Waals surface area contributed by atoms with Gasteiger partial charge in [0.05, 0.1) is 12.6 Å². The van der Waals surface area contributed by atoms with Gasteiger partial charge in [0.15, 0.2) is 0 Å². The molecule has 1 unspecified atom stereocenters. The monoisotopic (exact) mass is 271 g/mol. The lowest BCUT2D eigenvalue weighted by molar-refractivity contribution is 0.129. The molecule has 0 saturated carbocycles. The van der Waals surface area contributed by atoms with E-state index in [4.69, 9.17) is 4.74 Å². The van der Waals surface area contributed by atoms with Crippen molar-refractivity contribution in [2.45, 2.75) is 50.5 Å². The van der Waals surface area contributed by atoms with Gasteiger partial charge in [-0.2, -0.15) is 0 Å². The summed E-state index contributed by atoms with van der Waals surface area (Å²) in [5.74, 6) is 0.942. The van der Waals surface area contributed by atoms with E-state index in [2.05, 4.69) is 34.7 Å². The van der Waals surface area contributed by atoms with Crippen LogP contribution in [0.2, 0.25) is 0 Å². The topological polar surface area (TPSA) is 64.9 Å².